The zero-order valence-corrected chi connectivity index (χ0v) is 17.7. The van der Waals surface area contributed by atoms with Crippen LogP contribution in [0.5, 0.6) is 11.5 Å². The van der Waals surface area contributed by atoms with Crippen molar-refractivity contribution in [2.75, 3.05) is 47.1 Å². The minimum atomic E-state index is -0.141. The predicted molar refractivity (Wildman–Crippen MR) is 111 cm³/mol. The van der Waals surface area contributed by atoms with Crippen molar-refractivity contribution in [1.29, 1.82) is 0 Å². The molecular formula is C21H25BrN2O4. The fourth-order valence-electron chi connectivity index (χ4n) is 3.26. The predicted octanol–water partition coefficient (Wildman–Crippen LogP) is 3.27. The van der Waals surface area contributed by atoms with Crippen LogP contribution in [0, 0.1) is 0 Å². The molecule has 7 heteroatoms. The van der Waals surface area contributed by atoms with Crippen LogP contribution in [0.3, 0.4) is 0 Å². The monoisotopic (exact) mass is 448 g/mol. The summed E-state index contributed by atoms with van der Waals surface area (Å²) in [5.41, 5.74) is 1.68. The van der Waals surface area contributed by atoms with Gasteiger partial charge in [-0.2, -0.15) is 0 Å². The highest BCUT2D eigenvalue weighted by Gasteiger charge is 2.24. The molecule has 1 unspecified atom stereocenters. The molecule has 1 amide bonds. The molecule has 1 saturated heterocycles. The molecule has 1 aliphatic rings. The lowest BCUT2D eigenvalue weighted by Gasteiger charge is -2.35. The number of nitrogens with one attached hydrogen (secondary N) is 1. The van der Waals surface area contributed by atoms with E-state index < -0.39 is 0 Å². The number of methoxy groups -OCH3 is 2. The first-order valence-corrected chi connectivity index (χ1v) is 9.99. The molecule has 0 saturated carbocycles. The number of halogens is 1. The molecule has 0 radical (unpaired) electrons. The maximum atomic E-state index is 12.8. The van der Waals surface area contributed by atoms with Gasteiger partial charge in [0.15, 0.2) is 0 Å². The van der Waals surface area contributed by atoms with Crippen LogP contribution in [0.25, 0.3) is 0 Å². The summed E-state index contributed by atoms with van der Waals surface area (Å²) in [5.74, 6) is 1.32. The molecule has 1 atom stereocenters. The molecule has 0 aromatic heterocycles. The summed E-state index contributed by atoms with van der Waals surface area (Å²) in [4.78, 5) is 15.1. The van der Waals surface area contributed by atoms with Crippen LogP contribution >= 0.6 is 15.9 Å². The topological polar surface area (TPSA) is 60.0 Å². The molecule has 0 spiro atoms. The van der Waals surface area contributed by atoms with Gasteiger partial charge < -0.3 is 19.5 Å². The van der Waals surface area contributed by atoms with E-state index >= 15 is 0 Å². The minimum absolute atomic E-state index is 0.0585. The lowest BCUT2D eigenvalue weighted by Crippen LogP contribution is -2.43. The smallest absolute Gasteiger partial charge is 0.252 e. The molecule has 3 rings (SSSR count). The van der Waals surface area contributed by atoms with Gasteiger partial charge in [0.25, 0.3) is 5.91 Å². The molecule has 150 valence electrons. The minimum Gasteiger partial charge on any atom is -0.497 e. The molecule has 0 aliphatic carbocycles. The van der Waals surface area contributed by atoms with Crippen LogP contribution in [0.4, 0.5) is 0 Å². The Labute approximate surface area is 173 Å². The Kier molecular flexibility index (Phi) is 7.30. The first-order valence-electron chi connectivity index (χ1n) is 9.20. The van der Waals surface area contributed by atoms with Crippen LogP contribution in [0.2, 0.25) is 0 Å². The van der Waals surface area contributed by atoms with Gasteiger partial charge in [-0.25, -0.2) is 0 Å². The number of rotatable bonds is 7. The van der Waals surface area contributed by atoms with E-state index in [1.165, 1.54) is 0 Å². The van der Waals surface area contributed by atoms with Crippen molar-refractivity contribution in [1.82, 2.24) is 10.2 Å². The normalized spacial score (nSPS) is 15.7. The summed E-state index contributed by atoms with van der Waals surface area (Å²) >= 11 is 3.45. The van der Waals surface area contributed by atoms with E-state index in [0.717, 1.165) is 28.9 Å². The Morgan fingerprint density at radius 1 is 1.11 bits per heavy atom. The third-order valence-electron chi connectivity index (χ3n) is 4.86. The van der Waals surface area contributed by atoms with Gasteiger partial charge in [0, 0.05) is 24.1 Å². The largest absolute Gasteiger partial charge is 0.497 e. The maximum absolute atomic E-state index is 12.8. The van der Waals surface area contributed by atoms with Gasteiger partial charge in [-0.05, 0) is 51.8 Å². The van der Waals surface area contributed by atoms with E-state index in [1.54, 1.807) is 20.3 Å². The molecule has 2 aromatic rings. The third-order valence-corrected chi connectivity index (χ3v) is 5.55. The summed E-state index contributed by atoms with van der Waals surface area (Å²) in [7, 11) is 3.24. The van der Waals surface area contributed by atoms with Crippen molar-refractivity contribution < 1.29 is 19.0 Å². The zero-order chi connectivity index (χ0) is 19.9. The molecule has 1 heterocycles. The highest BCUT2D eigenvalue weighted by Crippen LogP contribution is 2.25. The van der Waals surface area contributed by atoms with E-state index in [1.807, 2.05) is 36.4 Å². The summed E-state index contributed by atoms with van der Waals surface area (Å²) in [6, 6.07) is 13.4. The van der Waals surface area contributed by atoms with E-state index in [0.29, 0.717) is 31.1 Å². The molecule has 1 aliphatic heterocycles. The molecule has 2 aromatic carbocycles. The average Bonchev–Trinajstić information content (AvgIpc) is 2.75. The quantitative estimate of drug-likeness (QED) is 0.704. The van der Waals surface area contributed by atoms with Crippen LogP contribution in [-0.4, -0.2) is 57.9 Å². The van der Waals surface area contributed by atoms with Crippen molar-refractivity contribution >= 4 is 21.8 Å². The first-order chi connectivity index (χ1) is 13.6. The van der Waals surface area contributed by atoms with Crippen molar-refractivity contribution in [2.24, 2.45) is 0 Å². The van der Waals surface area contributed by atoms with Gasteiger partial charge in [-0.1, -0.05) is 12.1 Å². The molecule has 6 nitrogen and oxygen atoms in total. The number of ether oxygens (including phenoxy) is 3. The molecule has 1 N–H and O–H groups in total. The molecule has 0 bridgehead atoms. The van der Waals surface area contributed by atoms with E-state index in [-0.39, 0.29) is 11.9 Å². The van der Waals surface area contributed by atoms with Gasteiger partial charge in [-0.15, -0.1) is 0 Å². The van der Waals surface area contributed by atoms with Gasteiger partial charge in [-0.3, -0.25) is 9.69 Å². The van der Waals surface area contributed by atoms with E-state index in [2.05, 4.69) is 26.1 Å². The third kappa shape index (κ3) is 5.04. The van der Waals surface area contributed by atoms with Gasteiger partial charge in [0.05, 0.1) is 39.0 Å². The number of carbonyl (C=O) groups excluding carboxylic acids is 1. The van der Waals surface area contributed by atoms with Crippen molar-refractivity contribution in [3.8, 4) is 11.5 Å². The maximum Gasteiger partial charge on any atom is 0.252 e. The van der Waals surface area contributed by atoms with Crippen LogP contribution in [0.1, 0.15) is 22.0 Å². The van der Waals surface area contributed by atoms with Crippen LogP contribution in [0.15, 0.2) is 46.9 Å². The number of carbonyl (C=O) groups is 1. The molecule has 1 fully saturated rings. The van der Waals surface area contributed by atoms with Gasteiger partial charge in [0.2, 0.25) is 0 Å². The van der Waals surface area contributed by atoms with Gasteiger partial charge in [0.1, 0.15) is 11.5 Å². The number of hydrogen-bond acceptors (Lipinski definition) is 5. The number of hydrogen-bond donors (Lipinski definition) is 1. The zero-order valence-electron chi connectivity index (χ0n) is 16.1. The first kappa shape index (κ1) is 20.6. The number of morpholine rings is 1. The second kappa shape index (κ2) is 9.91. The summed E-state index contributed by atoms with van der Waals surface area (Å²) in [6.07, 6.45) is 0. The van der Waals surface area contributed by atoms with E-state index in [4.69, 9.17) is 14.2 Å². The Balaban J connectivity index is 1.76. The molecular weight excluding hydrogens is 424 g/mol. The highest BCUT2D eigenvalue weighted by atomic mass is 79.9. The fourth-order valence-corrected chi connectivity index (χ4v) is 3.69. The summed E-state index contributed by atoms with van der Waals surface area (Å²) in [6.45, 7) is 3.55. The summed E-state index contributed by atoms with van der Waals surface area (Å²) < 4.78 is 16.7. The number of amides is 1. The van der Waals surface area contributed by atoms with Crippen molar-refractivity contribution in [3.05, 3.63) is 58.1 Å². The molecule has 28 heavy (non-hydrogen) atoms. The SMILES string of the molecule is COc1ccc(C(CNC(=O)c2cc(OC)ccc2Br)N2CCOCC2)cc1. The second-order valence-electron chi connectivity index (χ2n) is 6.49. The van der Waals surface area contributed by atoms with Crippen molar-refractivity contribution in [3.63, 3.8) is 0 Å². The fraction of sp³-hybridized carbons (Fsp3) is 0.381. The van der Waals surface area contributed by atoms with Gasteiger partial charge >= 0.3 is 0 Å². The van der Waals surface area contributed by atoms with E-state index in [9.17, 15) is 4.79 Å². The van der Waals surface area contributed by atoms with Crippen LogP contribution in [-0.2, 0) is 4.74 Å². The number of benzene rings is 2. The Hall–Kier alpha value is -2.09. The lowest BCUT2D eigenvalue weighted by molar-refractivity contribution is 0.0162. The number of nitrogens with zero attached hydrogens (tertiary/aromatic N) is 1. The average molecular weight is 449 g/mol. The summed E-state index contributed by atoms with van der Waals surface area (Å²) in [5, 5.41) is 3.08. The highest BCUT2D eigenvalue weighted by molar-refractivity contribution is 9.10. The Bertz CT molecular complexity index is 791. The van der Waals surface area contributed by atoms with Crippen LogP contribution < -0.4 is 14.8 Å². The van der Waals surface area contributed by atoms with Crippen molar-refractivity contribution in [2.45, 2.75) is 6.04 Å². The lowest BCUT2D eigenvalue weighted by atomic mass is 10.0. The Morgan fingerprint density at radius 2 is 1.75 bits per heavy atom. The second-order valence-corrected chi connectivity index (χ2v) is 7.35. The Morgan fingerprint density at radius 3 is 2.39 bits per heavy atom. The standard InChI is InChI=1S/C21H25BrN2O4/c1-26-16-5-3-15(4-6-16)20(24-9-11-28-12-10-24)14-23-21(25)18-13-17(27-2)7-8-19(18)22/h3-8,13,20H,9-12,14H2,1-2H3,(H,23,25).